The largest absolute Gasteiger partial charge is 0.377 e. The lowest BCUT2D eigenvalue weighted by Gasteiger charge is -2.52. The van der Waals surface area contributed by atoms with Crippen molar-refractivity contribution in [2.45, 2.75) is 41.5 Å². The van der Waals surface area contributed by atoms with E-state index in [1.165, 1.54) is 111 Å². The average Bonchev–Trinajstić information content (AvgIpc) is 3.03. The zero-order valence-electron chi connectivity index (χ0n) is 27.3. The monoisotopic (exact) mass is 588 g/mol. The number of nitrogens with zero attached hydrogens (tertiary/aromatic N) is 2. The van der Waals surface area contributed by atoms with Gasteiger partial charge in [0.15, 0.2) is 0 Å². The van der Waals surface area contributed by atoms with Gasteiger partial charge in [0.2, 0.25) is 6.71 Å². The van der Waals surface area contributed by atoms with Crippen molar-refractivity contribution >= 4 is 69.3 Å². The van der Waals surface area contributed by atoms with Crippen molar-refractivity contribution in [1.82, 2.24) is 0 Å². The maximum absolute atomic E-state index is 2.74. The first-order chi connectivity index (χ1) is 22.3. The summed E-state index contributed by atoms with van der Waals surface area (Å²) < 4.78 is 0. The molecule has 0 spiro atoms. The molecule has 0 atom stereocenters. The summed E-state index contributed by atoms with van der Waals surface area (Å²) in [5, 5.41) is 0. The first-order valence-electron chi connectivity index (χ1n) is 16.6. The van der Waals surface area contributed by atoms with Crippen LogP contribution in [0.1, 0.15) is 33.4 Å². The lowest BCUT2D eigenvalue weighted by molar-refractivity contribution is 1.20. The molecule has 0 bridgehead atoms. The summed E-state index contributed by atoms with van der Waals surface area (Å²) in [5.74, 6) is 0. The van der Waals surface area contributed by atoms with Crippen LogP contribution in [0.2, 0.25) is 0 Å². The van der Waals surface area contributed by atoms with E-state index in [-0.39, 0.29) is 13.6 Å². The van der Waals surface area contributed by atoms with Gasteiger partial charge >= 0.3 is 6.85 Å². The van der Waals surface area contributed by atoms with Crippen LogP contribution in [-0.2, 0) is 0 Å². The summed E-state index contributed by atoms with van der Waals surface area (Å²) in [4.78, 5) is 5.32. The van der Waals surface area contributed by atoms with Crippen LogP contribution < -0.4 is 37.0 Å². The SMILES string of the molecule is Cc1cc(C)c(B2c3cccc4c3N3B5c6c-4cccc6N(c4c(C)cc(C)cc4C)c4cccc(c45)-c4cccc2c43)c(C)c1. The molecule has 46 heavy (non-hydrogen) atoms. The maximum Gasteiger partial charge on any atom is 0.333 e. The summed E-state index contributed by atoms with van der Waals surface area (Å²) in [6.07, 6.45) is 0. The van der Waals surface area contributed by atoms with Crippen LogP contribution >= 0.6 is 0 Å². The van der Waals surface area contributed by atoms with Crippen LogP contribution in [0.5, 0.6) is 0 Å². The average molecular weight is 588 g/mol. The Morgan fingerprint density at radius 2 is 0.870 bits per heavy atom. The Morgan fingerprint density at radius 3 is 1.37 bits per heavy atom. The summed E-state index contributed by atoms with van der Waals surface area (Å²) in [6.45, 7) is 13.9. The van der Waals surface area contributed by atoms with E-state index in [4.69, 9.17) is 0 Å². The maximum atomic E-state index is 2.74. The van der Waals surface area contributed by atoms with Gasteiger partial charge in [-0.3, -0.25) is 0 Å². The Labute approximate surface area is 272 Å². The van der Waals surface area contributed by atoms with E-state index in [9.17, 15) is 0 Å². The van der Waals surface area contributed by atoms with Crippen molar-refractivity contribution in [2.24, 2.45) is 0 Å². The smallest absolute Gasteiger partial charge is 0.333 e. The number of benzene rings is 6. The zero-order valence-corrected chi connectivity index (χ0v) is 27.3. The Bertz CT molecular complexity index is 2050. The summed E-state index contributed by atoms with van der Waals surface area (Å²) in [6, 6.07) is 37.6. The van der Waals surface area contributed by atoms with Gasteiger partial charge in [0.25, 0.3) is 0 Å². The van der Waals surface area contributed by atoms with Gasteiger partial charge in [0, 0.05) is 33.9 Å². The third kappa shape index (κ3) is 3.10. The Hall–Kier alpha value is -4.95. The predicted molar refractivity (Wildman–Crippen MR) is 199 cm³/mol. The number of para-hydroxylation sites is 2. The molecule has 4 heterocycles. The van der Waals surface area contributed by atoms with Crippen LogP contribution in [0.4, 0.5) is 28.4 Å². The fourth-order valence-corrected chi connectivity index (χ4v) is 9.89. The summed E-state index contributed by atoms with van der Waals surface area (Å²) in [7, 11) is 0. The molecule has 0 N–H and O–H groups in total. The Morgan fingerprint density at radius 1 is 0.435 bits per heavy atom. The van der Waals surface area contributed by atoms with Crippen molar-refractivity contribution in [3.8, 4) is 22.3 Å². The molecule has 0 fully saturated rings. The van der Waals surface area contributed by atoms with Crippen LogP contribution in [0.25, 0.3) is 22.3 Å². The third-order valence-electron chi connectivity index (χ3n) is 11.2. The second kappa shape index (κ2) is 8.85. The summed E-state index contributed by atoms with van der Waals surface area (Å²) in [5.41, 5.74) is 27.2. The zero-order chi connectivity index (χ0) is 31.2. The van der Waals surface area contributed by atoms with E-state index in [0.29, 0.717) is 0 Å². The van der Waals surface area contributed by atoms with Crippen molar-refractivity contribution in [2.75, 3.05) is 9.71 Å². The van der Waals surface area contributed by atoms with Gasteiger partial charge in [0.1, 0.15) is 0 Å². The van der Waals surface area contributed by atoms with E-state index >= 15 is 0 Å². The molecule has 10 rings (SSSR count). The van der Waals surface area contributed by atoms with Gasteiger partial charge in [-0.1, -0.05) is 113 Å². The lowest BCUT2D eigenvalue weighted by atomic mass is 9.30. The number of fused-ring (bicyclic) bond motifs is 2. The van der Waals surface area contributed by atoms with Crippen molar-refractivity contribution in [3.63, 3.8) is 0 Å². The second-order valence-electron chi connectivity index (χ2n) is 14.1. The number of anilines is 5. The first-order valence-corrected chi connectivity index (χ1v) is 16.6. The molecule has 0 unspecified atom stereocenters. The predicted octanol–water partition coefficient (Wildman–Crippen LogP) is 7.05. The van der Waals surface area contributed by atoms with E-state index in [0.717, 1.165) is 0 Å². The molecular formula is C42H34B2N2. The van der Waals surface area contributed by atoms with Crippen molar-refractivity contribution < 1.29 is 0 Å². The molecule has 0 saturated heterocycles. The highest BCUT2D eigenvalue weighted by atomic mass is 15.2. The Kier molecular flexibility index (Phi) is 5.06. The highest BCUT2D eigenvalue weighted by Crippen LogP contribution is 2.52. The minimum absolute atomic E-state index is 0.114. The molecule has 0 amide bonds. The molecule has 0 saturated carbocycles. The standard InChI is InChI=1S/C42H34B2N2/c1-23-19-25(3)37(26(4)20-23)43-33-15-7-13-31-29-11-9-17-35-38(29)44-39-30(32-14-8-16-34(43)42(32)46(44)41(31)33)12-10-18-36(39)45(35)40-27(5)21-24(2)22-28(40)6/h7-22H,1-6H3. The molecule has 218 valence electrons. The number of rotatable bonds is 2. The highest BCUT2D eigenvalue weighted by Gasteiger charge is 2.53. The molecule has 0 radical (unpaired) electrons. The van der Waals surface area contributed by atoms with E-state index < -0.39 is 0 Å². The molecular weight excluding hydrogens is 554 g/mol. The van der Waals surface area contributed by atoms with Gasteiger partial charge < -0.3 is 9.71 Å². The molecule has 2 nitrogen and oxygen atoms in total. The topological polar surface area (TPSA) is 6.48 Å². The van der Waals surface area contributed by atoms with Crippen LogP contribution in [0, 0.1) is 41.5 Å². The van der Waals surface area contributed by atoms with Gasteiger partial charge in [-0.05, 0) is 97.8 Å². The minimum Gasteiger partial charge on any atom is -0.377 e. The van der Waals surface area contributed by atoms with Crippen LogP contribution in [-0.4, -0.2) is 13.6 Å². The fraction of sp³-hybridized carbons (Fsp3) is 0.143. The van der Waals surface area contributed by atoms with Crippen molar-refractivity contribution in [1.29, 1.82) is 0 Å². The fourth-order valence-electron chi connectivity index (χ4n) is 9.89. The van der Waals surface area contributed by atoms with Gasteiger partial charge in [0.05, 0.1) is 5.69 Å². The van der Waals surface area contributed by atoms with Crippen LogP contribution in [0.15, 0.2) is 97.1 Å². The molecule has 0 aliphatic carbocycles. The molecule has 6 aromatic carbocycles. The first kappa shape index (κ1) is 26.3. The van der Waals surface area contributed by atoms with E-state index in [1.54, 1.807) is 0 Å². The molecule has 6 aromatic rings. The number of hydrogen-bond donors (Lipinski definition) is 0. The van der Waals surface area contributed by atoms with E-state index in [2.05, 4.69) is 148 Å². The molecule has 4 aliphatic rings. The Balaban J connectivity index is 1.37. The lowest BCUT2D eigenvalue weighted by Crippen LogP contribution is -2.70. The van der Waals surface area contributed by atoms with E-state index in [1.807, 2.05) is 0 Å². The van der Waals surface area contributed by atoms with Crippen molar-refractivity contribution in [3.05, 3.63) is 130 Å². The summed E-state index contributed by atoms with van der Waals surface area (Å²) >= 11 is 0. The second-order valence-corrected chi connectivity index (χ2v) is 14.1. The molecule has 0 aromatic heterocycles. The van der Waals surface area contributed by atoms with Gasteiger partial charge in [-0.15, -0.1) is 0 Å². The number of aryl methyl sites for hydroxylation is 6. The normalized spacial score (nSPS) is 14.1. The molecule has 4 aliphatic heterocycles. The number of hydrogen-bond acceptors (Lipinski definition) is 2. The third-order valence-corrected chi connectivity index (χ3v) is 11.2. The quantitative estimate of drug-likeness (QED) is 0.200. The van der Waals surface area contributed by atoms with Gasteiger partial charge in [-0.2, -0.15) is 0 Å². The van der Waals surface area contributed by atoms with Gasteiger partial charge in [-0.25, -0.2) is 0 Å². The molecule has 4 heteroatoms. The van der Waals surface area contributed by atoms with Crippen LogP contribution in [0.3, 0.4) is 0 Å². The minimum atomic E-state index is 0.114. The highest BCUT2D eigenvalue weighted by molar-refractivity contribution is 7.03.